The van der Waals surface area contributed by atoms with Crippen LogP contribution in [0.4, 0.5) is 5.69 Å². The van der Waals surface area contributed by atoms with E-state index in [9.17, 15) is 9.59 Å². The van der Waals surface area contributed by atoms with E-state index in [1.54, 1.807) is 0 Å². The molecule has 0 unspecified atom stereocenters. The number of ether oxygens (including phenoxy) is 1. The smallest absolute Gasteiger partial charge is 0.299 e. The highest BCUT2D eigenvalue weighted by Crippen LogP contribution is 2.38. The molecule has 6 heteroatoms. The summed E-state index contributed by atoms with van der Waals surface area (Å²) in [6.07, 6.45) is 0.574. The fourth-order valence-electron chi connectivity index (χ4n) is 2.83. The summed E-state index contributed by atoms with van der Waals surface area (Å²) >= 11 is 12.1. The van der Waals surface area contributed by atoms with Gasteiger partial charge in [0.15, 0.2) is 0 Å². The molecule has 2 aromatic carbocycles. The van der Waals surface area contributed by atoms with Crippen LogP contribution in [0.2, 0.25) is 10.0 Å². The second-order valence-corrected chi connectivity index (χ2v) is 6.88. The van der Waals surface area contributed by atoms with Crippen molar-refractivity contribution in [2.75, 3.05) is 18.1 Å². The molecule has 0 N–H and O–H groups in total. The van der Waals surface area contributed by atoms with Crippen molar-refractivity contribution in [2.24, 2.45) is 0 Å². The zero-order valence-electron chi connectivity index (χ0n) is 13.9. The number of aryl methyl sites for hydroxylation is 2. The molecule has 130 valence electrons. The summed E-state index contributed by atoms with van der Waals surface area (Å²) in [7, 11) is 0. The van der Waals surface area contributed by atoms with Crippen molar-refractivity contribution in [1.82, 2.24) is 0 Å². The van der Waals surface area contributed by atoms with Gasteiger partial charge in [-0.25, -0.2) is 0 Å². The number of nitrogens with zero attached hydrogens (tertiary/aromatic N) is 1. The summed E-state index contributed by atoms with van der Waals surface area (Å²) in [5.41, 5.74) is 2.88. The second-order valence-electron chi connectivity index (χ2n) is 6.04. The first-order valence-electron chi connectivity index (χ1n) is 7.94. The molecule has 1 amide bonds. The van der Waals surface area contributed by atoms with Gasteiger partial charge in [-0.05, 0) is 49.6 Å². The Kier molecular flexibility index (Phi) is 5.02. The average molecular weight is 378 g/mol. The molecule has 1 aliphatic heterocycles. The van der Waals surface area contributed by atoms with Gasteiger partial charge >= 0.3 is 0 Å². The van der Waals surface area contributed by atoms with Crippen LogP contribution in [-0.2, 0) is 4.79 Å². The molecule has 0 spiro atoms. The molecule has 1 aliphatic rings. The van der Waals surface area contributed by atoms with Gasteiger partial charge in [0, 0.05) is 11.6 Å². The Morgan fingerprint density at radius 2 is 1.84 bits per heavy atom. The van der Waals surface area contributed by atoms with Crippen LogP contribution in [0.3, 0.4) is 0 Å². The van der Waals surface area contributed by atoms with E-state index >= 15 is 0 Å². The first kappa shape index (κ1) is 17.8. The molecular formula is C19H17Cl2NO3. The van der Waals surface area contributed by atoms with Crippen LogP contribution in [0.15, 0.2) is 30.3 Å². The summed E-state index contributed by atoms with van der Waals surface area (Å²) in [6.45, 7) is 4.77. The van der Waals surface area contributed by atoms with Gasteiger partial charge in [0.1, 0.15) is 5.75 Å². The van der Waals surface area contributed by atoms with Gasteiger partial charge in [-0.1, -0.05) is 35.3 Å². The molecule has 0 radical (unpaired) electrons. The molecule has 2 aromatic rings. The van der Waals surface area contributed by atoms with Crippen molar-refractivity contribution in [1.29, 1.82) is 0 Å². The van der Waals surface area contributed by atoms with Crippen molar-refractivity contribution < 1.29 is 14.3 Å². The molecule has 0 fully saturated rings. The maximum atomic E-state index is 12.2. The van der Waals surface area contributed by atoms with Crippen LogP contribution < -0.4 is 9.64 Å². The van der Waals surface area contributed by atoms with Gasteiger partial charge < -0.3 is 9.64 Å². The summed E-state index contributed by atoms with van der Waals surface area (Å²) in [4.78, 5) is 25.7. The molecule has 0 aromatic heterocycles. The van der Waals surface area contributed by atoms with Crippen molar-refractivity contribution in [3.05, 3.63) is 57.1 Å². The molecule has 4 nitrogen and oxygen atoms in total. The Labute approximate surface area is 156 Å². The quantitative estimate of drug-likeness (QED) is 0.564. The SMILES string of the molecule is Cc1ccc(C)c(OCCCN2C(=O)C(=O)c3cc(Cl)cc(Cl)c32)c1. The molecule has 0 aliphatic carbocycles. The van der Waals surface area contributed by atoms with Crippen molar-refractivity contribution in [3.8, 4) is 5.75 Å². The minimum atomic E-state index is -0.578. The molecule has 0 saturated heterocycles. The van der Waals surface area contributed by atoms with Crippen LogP contribution >= 0.6 is 23.2 Å². The van der Waals surface area contributed by atoms with Crippen molar-refractivity contribution in [3.63, 3.8) is 0 Å². The predicted octanol–water partition coefficient (Wildman–Crippen LogP) is 4.61. The number of hydrogen-bond acceptors (Lipinski definition) is 3. The highest BCUT2D eigenvalue weighted by Gasteiger charge is 2.37. The summed E-state index contributed by atoms with van der Waals surface area (Å²) in [5.74, 6) is -0.324. The number of hydrogen-bond donors (Lipinski definition) is 0. The van der Waals surface area contributed by atoms with Crippen LogP contribution in [0.25, 0.3) is 0 Å². The van der Waals surface area contributed by atoms with Crippen LogP contribution in [-0.4, -0.2) is 24.8 Å². The van der Waals surface area contributed by atoms with E-state index < -0.39 is 11.7 Å². The fourth-order valence-corrected chi connectivity index (χ4v) is 3.43. The third-order valence-corrected chi connectivity index (χ3v) is 4.62. The first-order valence-corrected chi connectivity index (χ1v) is 8.69. The molecule has 0 bridgehead atoms. The van der Waals surface area contributed by atoms with Gasteiger partial charge in [0.25, 0.3) is 11.7 Å². The minimum absolute atomic E-state index is 0.262. The Balaban J connectivity index is 1.67. The minimum Gasteiger partial charge on any atom is -0.493 e. The van der Waals surface area contributed by atoms with Crippen LogP contribution in [0, 0.1) is 13.8 Å². The lowest BCUT2D eigenvalue weighted by Crippen LogP contribution is -2.31. The molecule has 25 heavy (non-hydrogen) atoms. The Morgan fingerprint density at radius 1 is 1.08 bits per heavy atom. The standard InChI is InChI=1S/C19H17Cl2NO3/c1-11-4-5-12(2)16(8-11)25-7-3-6-22-17-14(18(23)19(22)24)9-13(20)10-15(17)21/h4-5,8-10H,3,6-7H2,1-2H3. The largest absolute Gasteiger partial charge is 0.493 e. The highest BCUT2D eigenvalue weighted by atomic mass is 35.5. The van der Waals surface area contributed by atoms with Gasteiger partial charge in [-0.15, -0.1) is 0 Å². The van der Waals surface area contributed by atoms with E-state index in [1.165, 1.54) is 17.0 Å². The number of anilines is 1. The Hall–Kier alpha value is -2.04. The summed E-state index contributed by atoms with van der Waals surface area (Å²) in [6, 6.07) is 9.03. The number of carbonyl (C=O) groups is 2. The zero-order chi connectivity index (χ0) is 18.1. The maximum Gasteiger partial charge on any atom is 0.299 e. The number of ketones is 1. The van der Waals surface area contributed by atoms with E-state index in [-0.39, 0.29) is 5.56 Å². The Bertz CT molecular complexity index is 864. The number of Topliss-reactive ketones (excluding diaryl/α,β-unsaturated/α-hetero) is 1. The number of fused-ring (bicyclic) bond motifs is 1. The van der Waals surface area contributed by atoms with Crippen molar-refractivity contribution in [2.45, 2.75) is 20.3 Å². The van der Waals surface area contributed by atoms with Gasteiger partial charge in [0.05, 0.1) is 22.9 Å². The average Bonchev–Trinajstić information content (AvgIpc) is 2.79. The number of amides is 1. The number of carbonyl (C=O) groups excluding carboxylic acids is 2. The van der Waals surface area contributed by atoms with Gasteiger partial charge in [0.2, 0.25) is 0 Å². The first-order chi connectivity index (χ1) is 11.9. The maximum absolute atomic E-state index is 12.2. The van der Waals surface area contributed by atoms with Crippen LogP contribution in [0.5, 0.6) is 5.75 Å². The van der Waals surface area contributed by atoms with E-state index in [4.69, 9.17) is 27.9 Å². The normalized spacial score (nSPS) is 13.4. The van der Waals surface area contributed by atoms with Crippen LogP contribution in [0.1, 0.15) is 27.9 Å². The van der Waals surface area contributed by atoms with E-state index in [0.717, 1.165) is 16.9 Å². The van der Waals surface area contributed by atoms with E-state index in [0.29, 0.717) is 35.3 Å². The summed E-state index contributed by atoms with van der Waals surface area (Å²) < 4.78 is 5.80. The molecule has 0 saturated carbocycles. The lowest BCUT2D eigenvalue weighted by Gasteiger charge is -2.18. The van der Waals surface area contributed by atoms with Gasteiger partial charge in [-0.2, -0.15) is 0 Å². The molecular weight excluding hydrogens is 361 g/mol. The second kappa shape index (κ2) is 7.06. The predicted molar refractivity (Wildman–Crippen MR) is 99.2 cm³/mol. The lowest BCUT2D eigenvalue weighted by molar-refractivity contribution is -0.114. The molecule has 1 heterocycles. The number of benzene rings is 2. The number of rotatable bonds is 5. The molecule has 3 rings (SSSR count). The fraction of sp³-hybridized carbons (Fsp3) is 0.263. The van der Waals surface area contributed by atoms with Gasteiger partial charge in [-0.3, -0.25) is 9.59 Å². The zero-order valence-corrected chi connectivity index (χ0v) is 15.4. The number of halogens is 2. The topological polar surface area (TPSA) is 46.6 Å². The van der Waals surface area contributed by atoms with Crippen molar-refractivity contribution >= 4 is 40.6 Å². The highest BCUT2D eigenvalue weighted by molar-refractivity contribution is 6.54. The third-order valence-electron chi connectivity index (χ3n) is 4.11. The van der Waals surface area contributed by atoms with E-state index in [2.05, 4.69) is 0 Å². The molecule has 0 atom stereocenters. The summed E-state index contributed by atoms with van der Waals surface area (Å²) in [5, 5.41) is 0.641. The van der Waals surface area contributed by atoms with E-state index in [1.807, 2.05) is 32.0 Å². The lowest BCUT2D eigenvalue weighted by atomic mass is 10.1. The monoisotopic (exact) mass is 377 g/mol. The Morgan fingerprint density at radius 3 is 2.60 bits per heavy atom. The third kappa shape index (κ3) is 3.51.